The molecule has 2 fully saturated rings. The van der Waals surface area contributed by atoms with Crippen molar-refractivity contribution in [3.63, 3.8) is 0 Å². The summed E-state index contributed by atoms with van der Waals surface area (Å²) >= 11 is 4.21. The van der Waals surface area contributed by atoms with Crippen LogP contribution >= 0.6 is 34.0 Å². The first-order chi connectivity index (χ1) is 51.0. The second-order valence-corrected chi connectivity index (χ2v) is 33.2. The van der Waals surface area contributed by atoms with Gasteiger partial charge in [-0.1, -0.05) is 84.5 Å². The molecule has 3 aliphatic rings. The van der Waals surface area contributed by atoms with Crippen LogP contribution in [0.1, 0.15) is 67.0 Å². The zero-order valence-electron chi connectivity index (χ0n) is 58.8. The third-order valence-corrected chi connectivity index (χ3v) is 24.9. The second kappa shape index (κ2) is 35.4. The molecule has 0 radical (unpaired) electrons. The van der Waals surface area contributed by atoms with E-state index in [1.807, 2.05) is 106 Å². The number of rotatable bonds is 23. The van der Waals surface area contributed by atoms with Gasteiger partial charge in [-0.3, -0.25) is 27.0 Å². The third kappa shape index (κ3) is 18.5. The number of aryl methyl sites for hydroxylation is 2. The molecule has 12 aromatic rings. The molecule has 1 saturated carbocycles. The molecule has 29 nitrogen and oxygen atoms in total. The Morgan fingerprint density at radius 2 is 1.44 bits per heavy atom. The fourth-order valence-corrected chi connectivity index (χ4v) is 17.7. The van der Waals surface area contributed by atoms with Gasteiger partial charge in [0.05, 0.1) is 88.8 Å². The molecule has 10 aromatic heterocycles. The number of anilines is 1. The van der Waals surface area contributed by atoms with E-state index in [-0.39, 0.29) is 33.3 Å². The minimum absolute atomic E-state index is 0.0741. The largest absolute Gasteiger partial charge is 0.491 e. The summed E-state index contributed by atoms with van der Waals surface area (Å²) in [6, 6.07) is 21.3. The molecule has 12 heterocycles. The molecule has 1 aliphatic carbocycles. The van der Waals surface area contributed by atoms with E-state index in [0.29, 0.717) is 133 Å². The average Bonchev–Trinajstić information content (AvgIpc) is 1.66. The van der Waals surface area contributed by atoms with Crippen LogP contribution in [0.5, 0.6) is 11.8 Å². The Labute approximate surface area is 626 Å². The third-order valence-electron chi connectivity index (χ3n) is 15.6. The molecule has 15 rings (SSSR count). The number of pyridine rings is 1. The first kappa shape index (κ1) is 75.7. The molecule has 105 heavy (non-hydrogen) atoms. The van der Waals surface area contributed by atoms with Crippen molar-refractivity contribution in [3.05, 3.63) is 120 Å². The highest BCUT2D eigenvalue weighted by molar-refractivity contribution is 8.00. The lowest BCUT2D eigenvalue weighted by atomic mass is 10.1. The maximum atomic E-state index is 12.6. The van der Waals surface area contributed by atoms with Gasteiger partial charge in [-0.25, -0.2) is 49.1 Å². The van der Waals surface area contributed by atoms with Crippen molar-refractivity contribution in [3.8, 4) is 62.6 Å². The van der Waals surface area contributed by atoms with Gasteiger partial charge in [-0.2, -0.15) is 24.9 Å². The number of ether oxygens (including phenoxy) is 5. The van der Waals surface area contributed by atoms with Crippen molar-refractivity contribution in [2.24, 2.45) is 4.99 Å². The molecule has 548 valence electrons. The van der Waals surface area contributed by atoms with Crippen LogP contribution in [0.15, 0.2) is 120 Å². The Balaban J connectivity index is 0.000000132. The van der Waals surface area contributed by atoms with Gasteiger partial charge in [-0.15, -0.1) is 11.3 Å². The SMILES string of the molecule is CCCS(=O)c1nc2c(-c3cccc(OCCOC)c3)nc(-n3cnc(C)c3)nc2s1.CCCS(=O)c1nc2c(C(=O)N(C)C)nc(-c3ccc(C)cc3)nc2o1.COCCS(=O)C1=Nc2c(nc(OC)nc2N2CCOCC2)C1.O=S(c1nc2c(-c3ccccn3)nc(-c3nccs3)nc2s1)C1CC1. The number of nitrogens with zero attached hydrogens (tertiary/aromatic N) is 18. The number of hydrogen-bond acceptors (Lipinski definition) is 30. The van der Waals surface area contributed by atoms with Crippen molar-refractivity contribution in [1.82, 2.24) is 79.2 Å². The molecule has 1 amide bonds. The number of fused-ring (bicyclic) bond motifs is 4. The lowest BCUT2D eigenvalue weighted by Crippen LogP contribution is -2.37. The van der Waals surface area contributed by atoms with Crippen LogP contribution in [0, 0.1) is 13.8 Å². The normalized spacial score (nSPS) is 14.4. The summed E-state index contributed by atoms with van der Waals surface area (Å²) in [6.07, 6.45) is 11.0. The predicted octanol–water partition coefficient (Wildman–Crippen LogP) is 10.4. The monoisotopic (exact) mass is 1550 g/mol. The maximum absolute atomic E-state index is 12.6. The predicted molar refractivity (Wildman–Crippen MR) is 407 cm³/mol. The van der Waals surface area contributed by atoms with Crippen LogP contribution < -0.4 is 14.4 Å². The first-order valence-corrected chi connectivity index (χ1v) is 41.0. The topological polar surface area (TPSA) is 349 Å². The molecule has 0 N–H and O–H groups in total. The van der Waals surface area contributed by atoms with Gasteiger partial charge >= 0.3 is 6.01 Å². The van der Waals surface area contributed by atoms with E-state index in [2.05, 4.69) is 74.7 Å². The molecule has 2 aliphatic heterocycles. The van der Waals surface area contributed by atoms with Crippen LogP contribution in [0.3, 0.4) is 0 Å². The van der Waals surface area contributed by atoms with Crippen molar-refractivity contribution in [2.75, 3.05) is 104 Å². The Morgan fingerprint density at radius 3 is 2.13 bits per heavy atom. The summed E-state index contributed by atoms with van der Waals surface area (Å²) < 4.78 is 84.6. The number of morpholine rings is 1. The summed E-state index contributed by atoms with van der Waals surface area (Å²) in [5.41, 5.74) is 8.94. The van der Waals surface area contributed by atoms with E-state index in [0.717, 1.165) is 88.2 Å². The van der Waals surface area contributed by atoms with Crippen LogP contribution in [0.25, 0.3) is 82.7 Å². The summed E-state index contributed by atoms with van der Waals surface area (Å²) in [5, 5.41) is 3.57. The second-order valence-electron chi connectivity index (χ2n) is 23.7. The van der Waals surface area contributed by atoms with Gasteiger partial charge in [0, 0.05) is 99.7 Å². The fraction of sp³-hybridized carbons (Fsp3) is 0.362. The van der Waals surface area contributed by atoms with E-state index in [1.165, 1.54) is 46.0 Å². The molecular weight excluding hydrogens is 1480 g/mol. The Hall–Kier alpha value is -8.98. The Morgan fingerprint density at radius 1 is 0.686 bits per heavy atom. The fourth-order valence-electron chi connectivity index (χ4n) is 10.3. The maximum Gasteiger partial charge on any atom is 0.318 e. The zero-order valence-corrected chi connectivity index (χ0v) is 64.5. The summed E-state index contributed by atoms with van der Waals surface area (Å²) in [6.45, 7) is 12.0. The van der Waals surface area contributed by atoms with Crippen LogP contribution in [0.4, 0.5) is 11.5 Å². The van der Waals surface area contributed by atoms with Gasteiger partial charge in [-0.05, 0) is 63.8 Å². The van der Waals surface area contributed by atoms with Crippen molar-refractivity contribution < 1.29 is 49.7 Å². The van der Waals surface area contributed by atoms with Crippen LogP contribution in [-0.4, -0.2) is 211 Å². The summed E-state index contributed by atoms with van der Waals surface area (Å²) in [7, 11) is 3.29. The molecule has 36 heteroatoms. The van der Waals surface area contributed by atoms with Gasteiger partial charge in [0.2, 0.25) is 5.95 Å². The molecule has 4 atom stereocenters. The number of oxazole rings is 1. The number of carbonyl (C=O) groups is 1. The lowest BCUT2D eigenvalue weighted by molar-refractivity contribution is 0.0823. The van der Waals surface area contributed by atoms with Crippen molar-refractivity contribution in [1.29, 1.82) is 0 Å². The molecule has 0 spiro atoms. The quantitative estimate of drug-likeness (QED) is 0.0537. The number of imidazole rings is 1. The van der Waals surface area contributed by atoms with E-state index < -0.39 is 43.2 Å². The standard InChI is InChI=1S/C21H23N5O3S2.C18H20N4O3S.C16H11N5OS3.C14H20N4O4S/c1-4-10-31(27)21-24-18-17(15-6-5-7-16(11-15)29-9-8-28-3)23-20(25-19(18)30-21)26-12-14(2)22-13-26;1-5-10-26(24)18-20-13-14(17(23)22(3)4)19-15(21-16(13)25-18)12-8-6-11(2)7-9-12;22-25(9-4-5-9)16-20-12-11(10-3-1-2-6-17-10)19-13(21-14(12)24-16)15-18-7-8-23-15;1-20-7-8-23(19)11-9-10-12(16-11)13(17-14(15-10)21-2)18-3-5-22-6-4-18/h5-7,11-13H,4,8-10H2,1-3H3;6-9H,5,10H2,1-4H3;1-3,6-9H,4-5H2;3-9H2,1-2H3. The number of hydrogen-bond donors (Lipinski definition) is 0. The zero-order chi connectivity index (χ0) is 73.7. The van der Waals surface area contributed by atoms with Gasteiger partial charge < -0.3 is 37.9 Å². The molecule has 1 saturated heterocycles. The lowest BCUT2D eigenvalue weighted by Gasteiger charge is -2.28. The van der Waals surface area contributed by atoms with Crippen molar-refractivity contribution >= 4 is 132 Å². The Kier molecular flexibility index (Phi) is 25.5. The number of aromatic nitrogens is 15. The van der Waals surface area contributed by atoms with E-state index >= 15 is 0 Å². The minimum Gasteiger partial charge on any atom is -0.491 e. The average molecular weight is 1560 g/mol. The van der Waals surface area contributed by atoms with Gasteiger partial charge in [0.1, 0.15) is 67.5 Å². The summed E-state index contributed by atoms with van der Waals surface area (Å²) in [4.78, 5) is 85.0. The van der Waals surface area contributed by atoms with Crippen LogP contribution in [0.2, 0.25) is 0 Å². The minimum atomic E-state index is -1.37. The number of carbonyl (C=O) groups excluding carboxylic acids is 1. The summed E-state index contributed by atoms with van der Waals surface area (Å²) in [5.74, 6) is 3.97. The molecule has 4 unspecified atom stereocenters. The molecule has 0 bridgehead atoms. The molecule has 2 aromatic carbocycles. The van der Waals surface area contributed by atoms with E-state index in [4.69, 9.17) is 33.1 Å². The number of amides is 1. The smallest absolute Gasteiger partial charge is 0.318 e. The van der Waals surface area contributed by atoms with Crippen LogP contribution in [-0.2, 0) is 63.8 Å². The highest BCUT2D eigenvalue weighted by Gasteiger charge is 2.33. The van der Waals surface area contributed by atoms with Gasteiger partial charge in [0.25, 0.3) is 16.8 Å². The number of methoxy groups -OCH3 is 3. The number of thiazole rings is 3. The number of benzene rings is 2. The highest BCUT2D eigenvalue weighted by Crippen LogP contribution is 2.40. The van der Waals surface area contributed by atoms with E-state index in [1.54, 1.807) is 51.6 Å². The number of aliphatic imine (C=N–C) groups is 1. The van der Waals surface area contributed by atoms with Gasteiger partial charge in [0.15, 0.2) is 47.2 Å². The first-order valence-electron chi connectivity index (χ1n) is 33.3. The van der Waals surface area contributed by atoms with E-state index in [9.17, 15) is 21.6 Å². The van der Waals surface area contributed by atoms with Crippen molar-refractivity contribution in [2.45, 2.75) is 79.0 Å². The Bertz CT molecular complexity index is 5160. The molecular formula is C69H74N18O11S7. The highest BCUT2D eigenvalue weighted by atomic mass is 32.2.